The molecule has 0 aliphatic carbocycles. The second-order valence-electron chi connectivity index (χ2n) is 6.27. The minimum absolute atomic E-state index is 0. The summed E-state index contributed by atoms with van der Waals surface area (Å²) < 4.78 is 0. The Hall–Kier alpha value is -2.37. The maximum Gasteiger partial charge on any atom is 0.253 e. The first kappa shape index (κ1) is 22.7. The highest BCUT2D eigenvalue weighted by Gasteiger charge is 2.22. The molecule has 0 fully saturated rings. The summed E-state index contributed by atoms with van der Waals surface area (Å²) in [6.45, 7) is 6.99. The molecule has 0 bridgehead atoms. The van der Waals surface area contributed by atoms with Gasteiger partial charge in [0.25, 0.3) is 5.91 Å². The molecule has 2 amide bonds. The SMILES string of the molecule is CCN(CC)C(=O)c1cccc(NC(=O)C(C)C(N)c2ccccc2)c1.Cl. The fourth-order valence-electron chi connectivity index (χ4n) is 2.81. The van der Waals surface area contributed by atoms with Gasteiger partial charge in [-0.2, -0.15) is 0 Å². The van der Waals surface area contributed by atoms with Crippen molar-refractivity contribution < 1.29 is 9.59 Å². The summed E-state index contributed by atoms with van der Waals surface area (Å²) >= 11 is 0. The molecule has 2 aromatic carbocycles. The van der Waals surface area contributed by atoms with Gasteiger partial charge < -0.3 is 16.0 Å². The topological polar surface area (TPSA) is 75.4 Å². The zero-order chi connectivity index (χ0) is 19.1. The van der Waals surface area contributed by atoms with Crippen molar-refractivity contribution in [3.8, 4) is 0 Å². The lowest BCUT2D eigenvalue weighted by molar-refractivity contribution is -0.120. The first-order valence-electron chi connectivity index (χ1n) is 8.98. The molecule has 0 heterocycles. The van der Waals surface area contributed by atoms with Crippen LogP contribution >= 0.6 is 12.4 Å². The van der Waals surface area contributed by atoms with E-state index in [1.54, 1.807) is 36.1 Å². The number of anilines is 1. The Morgan fingerprint density at radius 1 is 1.04 bits per heavy atom. The molecule has 2 aromatic rings. The zero-order valence-corrected chi connectivity index (χ0v) is 16.8. The third kappa shape index (κ3) is 5.81. The number of halogens is 1. The van der Waals surface area contributed by atoms with Crippen molar-refractivity contribution in [1.82, 2.24) is 4.90 Å². The summed E-state index contributed by atoms with van der Waals surface area (Å²) in [5.41, 5.74) is 8.30. The Labute approximate surface area is 167 Å². The summed E-state index contributed by atoms with van der Waals surface area (Å²) in [6, 6.07) is 16.2. The molecule has 0 aromatic heterocycles. The average molecular weight is 390 g/mol. The Bertz CT molecular complexity index is 748. The molecular formula is C21H28ClN3O2. The van der Waals surface area contributed by atoms with Gasteiger partial charge in [-0.1, -0.05) is 43.3 Å². The maximum absolute atomic E-state index is 12.6. The minimum atomic E-state index is -0.403. The fourth-order valence-corrected chi connectivity index (χ4v) is 2.81. The predicted molar refractivity (Wildman–Crippen MR) is 112 cm³/mol. The number of carbonyl (C=O) groups is 2. The molecule has 5 nitrogen and oxygen atoms in total. The number of nitrogens with one attached hydrogen (secondary N) is 1. The Kier molecular flexibility index (Phi) is 8.98. The van der Waals surface area contributed by atoms with Crippen LogP contribution in [0, 0.1) is 5.92 Å². The summed E-state index contributed by atoms with van der Waals surface area (Å²) in [7, 11) is 0. The normalized spacial score (nSPS) is 12.4. The maximum atomic E-state index is 12.6. The van der Waals surface area contributed by atoms with E-state index in [0.29, 0.717) is 24.3 Å². The third-order valence-corrected chi connectivity index (χ3v) is 4.56. The second-order valence-corrected chi connectivity index (χ2v) is 6.27. The van der Waals surface area contributed by atoms with E-state index in [0.717, 1.165) is 5.56 Å². The van der Waals surface area contributed by atoms with E-state index in [1.807, 2.05) is 44.2 Å². The molecule has 2 atom stereocenters. The third-order valence-electron chi connectivity index (χ3n) is 4.56. The smallest absolute Gasteiger partial charge is 0.253 e. The standard InChI is InChI=1S/C21H27N3O2.ClH/c1-4-24(5-2)21(26)17-12-9-13-18(14-17)23-20(25)15(3)19(22)16-10-7-6-8-11-16;/h6-15,19H,4-5,22H2,1-3H3,(H,23,25);1H. The summed E-state index contributed by atoms with van der Waals surface area (Å²) in [5.74, 6) is -0.617. The van der Waals surface area contributed by atoms with Crippen LogP contribution in [-0.4, -0.2) is 29.8 Å². The molecule has 27 heavy (non-hydrogen) atoms. The molecule has 0 spiro atoms. The summed E-state index contributed by atoms with van der Waals surface area (Å²) in [4.78, 5) is 26.8. The van der Waals surface area contributed by atoms with Gasteiger partial charge in [0.15, 0.2) is 0 Å². The van der Waals surface area contributed by atoms with Crippen molar-refractivity contribution in [3.05, 3.63) is 65.7 Å². The van der Waals surface area contributed by atoms with Crippen LogP contribution in [0.25, 0.3) is 0 Å². The van der Waals surface area contributed by atoms with Crippen molar-refractivity contribution in [1.29, 1.82) is 0 Å². The molecule has 0 radical (unpaired) electrons. The highest BCUT2D eigenvalue weighted by atomic mass is 35.5. The van der Waals surface area contributed by atoms with E-state index < -0.39 is 12.0 Å². The lowest BCUT2D eigenvalue weighted by Gasteiger charge is -2.21. The summed E-state index contributed by atoms with van der Waals surface area (Å²) in [5, 5.41) is 2.87. The van der Waals surface area contributed by atoms with Crippen LogP contribution in [0.5, 0.6) is 0 Å². The number of amides is 2. The molecule has 2 rings (SSSR count). The molecular weight excluding hydrogens is 362 g/mol. The van der Waals surface area contributed by atoms with Crippen LogP contribution in [0.2, 0.25) is 0 Å². The van der Waals surface area contributed by atoms with Crippen molar-refractivity contribution in [3.63, 3.8) is 0 Å². The van der Waals surface area contributed by atoms with Crippen molar-refractivity contribution in [2.45, 2.75) is 26.8 Å². The molecule has 6 heteroatoms. The molecule has 2 unspecified atom stereocenters. The van der Waals surface area contributed by atoms with Gasteiger partial charge in [-0.25, -0.2) is 0 Å². The van der Waals surface area contributed by atoms with Crippen LogP contribution in [-0.2, 0) is 4.79 Å². The molecule has 0 saturated carbocycles. The minimum Gasteiger partial charge on any atom is -0.339 e. The molecule has 3 N–H and O–H groups in total. The van der Waals surface area contributed by atoms with Crippen molar-refractivity contribution in [2.24, 2.45) is 11.7 Å². The van der Waals surface area contributed by atoms with Crippen LogP contribution in [0.3, 0.4) is 0 Å². The lowest BCUT2D eigenvalue weighted by Crippen LogP contribution is -2.31. The Balaban J connectivity index is 0.00000364. The van der Waals surface area contributed by atoms with E-state index in [4.69, 9.17) is 5.73 Å². The van der Waals surface area contributed by atoms with Gasteiger partial charge in [-0.15, -0.1) is 12.4 Å². The fraction of sp³-hybridized carbons (Fsp3) is 0.333. The van der Waals surface area contributed by atoms with Crippen LogP contribution in [0.1, 0.15) is 42.7 Å². The van der Waals surface area contributed by atoms with Crippen LogP contribution in [0.15, 0.2) is 54.6 Å². The monoisotopic (exact) mass is 389 g/mol. The van der Waals surface area contributed by atoms with Gasteiger partial charge in [0.2, 0.25) is 5.91 Å². The number of hydrogen-bond acceptors (Lipinski definition) is 3. The van der Waals surface area contributed by atoms with Crippen LogP contribution in [0.4, 0.5) is 5.69 Å². The van der Waals surface area contributed by atoms with E-state index >= 15 is 0 Å². The summed E-state index contributed by atoms with van der Waals surface area (Å²) in [6.07, 6.45) is 0. The van der Waals surface area contributed by atoms with Gasteiger partial charge in [-0.3, -0.25) is 9.59 Å². The van der Waals surface area contributed by atoms with Crippen molar-refractivity contribution >= 4 is 29.9 Å². The van der Waals surface area contributed by atoms with E-state index in [9.17, 15) is 9.59 Å². The average Bonchev–Trinajstić information content (AvgIpc) is 2.68. The van der Waals surface area contributed by atoms with Gasteiger partial charge in [-0.05, 0) is 37.6 Å². The predicted octanol–water partition coefficient (Wildman–Crippen LogP) is 3.87. The second kappa shape index (κ2) is 10.7. The number of benzene rings is 2. The zero-order valence-electron chi connectivity index (χ0n) is 16.0. The number of nitrogens with zero attached hydrogens (tertiary/aromatic N) is 1. The number of carbonyl (C=O) groups excluding carboxylic acids is 2. The Morgan fingerprint density at radius 3 is 2.26 bits per heavy atom. The Morgan fingerprint density at radius 2 is 1.67 bits per heavy atom. The van der Waals surface area contributed by atoms with Gasteiger partial charge in [0, 0.05) is 30.4 Å². The van der Waals surface area contributed by atoms with E-state index in [-0.39, 0.29) is 24.2 Å². The first-order valence-corrected chi connectivity index (χ1v) is 8.98. The van der Waals surface area contributed by atoms with Gasteiger partial charge in [0.1, 0.15) is 0 Å². The molecule has 0 saturated heterocycles. The number of nitrogens with two attached hydrogens (primary N) is 1. The lowest BCUT2D eigenvalue weighted by atomic mass is 9.94. The molecule has 0 aliphatic heterocycles. The van der Waals surface area contributed by atoms with E-state index in [2.05, 4.69) is 5.32 Å². The van der Waals surface area contributed by atoms with Crippen molar-refractivity contribution in [2.75, 3.05) is 18.4 Å². The number of rotatable bonds is 7. The van der Waals surface area contributed by atoms with Gasteiger partial charge in [0.05, 0.1) is 5.92 Å². The first-order chi connectivity index (χ1) is 12.5. The van der Waals surface area contributed by atoms with E-state index in [1.165, 1.54) is 0 Å². The quantitative estimate of drug-likeness (QED) is 0.754. The molecule has 0 aliphatic rings. The van der Waals surface area contributed by atoms with Gasteiger partial charge >= 0.3 is 0 Å². The number of hydrogen-bond donors (Lipinski definition) is 2. The largest absolute Gasteiger partial charge is 0.339 e. The molecule has 146 valence electrons. The van der Waals surface area contributed by atoms with Crippen LogP contribution < -0.4 is 11.1 Å². The highest BCUT2D eigenvalue weighted by molar-refractivity contribution is 5.97. The highest BCUT2D eigenvalue weighted by Crippen LogP contribution is 2.21.